The van der Waals surface area contributed by atoms with E-state index in [2.05, 4.69) is 44.3 Å². The normalized spacial score (nSPS) is 17.6. The maximum atomic E-state index is 11.8. The fraction of sp³-hybridized carbons (Fsp3) is 0.300. The van der Waals surface area contributed by atoms with Crippen LogP contribution in [0.5, 0.6) is 0 Å². The van der Waals surface area contributed by atoms with E-state index in [0.717, 1.165) is 59.5 Å². The molecule has 0 radical (unpaired) electrons. The molecule has 1 aromatic carbocycles. The van der Waals surface area contributed by atoms with Gasteiger partial charge in [0, 0.05) is 55.4 Å². The van der Waals surface area contributed by atoms with Gasteiger partial charge < -0.3 is 20.1 Å². The fourth-order valence-electron chi connectivity index (χ4n) is 3.87. The van der Waals surface area contributed by atoms with E-state index in [0.29, 0.717) is 6.54 Å². The van der Waals surface area contributed by atoms with E-state index in [-0.39, 0.29) is 5.91 Å². The van der Waals surface area contributed by atoms with Gasteiger partial charge in [0.05, 0.1) is 11.9 Å². The van der Waals surface area contributed by atoms with Crippen molar-refractivity contribution in [2.45, 2.75) is 6.54 Å². The Morgan fingerprint density at radius 2 is 1.92 bits per heavy atom. The molecule has 0 bridgehead atoms. The van der Waals surface area contributed by atoms with Crippen molar-refractivity contribution in [2.24, 2.45) is 0 Å². The molecule has 2 N–H and O–H groups in total. The first-order valence-corrected chi connectivity index (χ1v) is 9.01. The number of rotatable bonds is 2. The van der Waals surface area contributed by atoms with Gasteiger partial charge in [-0.2, -0.15) is 0 Å². The standard InChI is InChI=1S/C20H21N5O/c1-24-4-6-25(7-5-24)15-9-17-18(12-22-19(17)21-11-15)13-2-3-16-14(8-13)10-23-20(16)26/h2-3,8-9,11-12H,4-7,10H2,1H3,(H,21,22)(H,23,26). The van der Waals surface area contributed by atoms with E-state index in [4.69, 9.17) is 0 Å². The minimum Gasteiger partial charge on any atom is -0.368 e. The molecule has 2 aliphatic rings. The number of anilines is 1. The van der Waals surface area contributed by atoms with E-state index in [1.807, 2.05) is 24.5 Å². The minimum absolute atomic E-state index is 0.0181. The Morgan fingerprint density at radius 3 is 2.77 bits per heavy atom. The van der Waals surface area contributed by atoms with Gasteiger partial charge in [-0.25, -0.2) is 4.98 Å². The second kappa shape index (κ2) is 5.85. The Labute approximate surface area is 151 Å². The van der Waals surface area contributed by atoms with E-state index < -0.39 is 0 Å². The highest BCUT2D eigenvalue weighted by Crippen LogP contribution is 2.32. The number of carbonyl (C=O) groups is 1. The summed E-state index contributed by atoms with van der Waals surface area (Å²) in [6.45, 7) is 4.80. The number of benzene rings is 1. The molecule has 4 heterocycles. The average molecular weight is 347 g/mol. The van der Waals surface area contributed by atoms with Crippen molar-refractivity contribution in [2.75, 3.05) is 38.1 Å². The molecule has 3 aromatic rings. The molecule has 0 atom stereocenters. The first-order valence-electron chi connectivity index (χ1n) is 9.01. The van der Waals surface area contributed by atoms with Gasteiger partial charge in [-0.3, -0.25) is 4.79 Å². The summed E-state index contributed by atoms with van der Waals surface area (Å²) in [5.74, 6) is 0.0181. The molecule has 0 unspecified atom stereocenters. The van der Waals surface area contributed by atoms with Crippen molar-refractivity contribution in [3.63, 3.8) is 0 Å². The smallest absolute Gasteiger partial charge is 0.251 e. The van der Waals surface area contributed by atoms with Crippen molar-refractivity contribution < 1.29 is 4.79 Å². The Bertz CT molecular complexity index is 1000. The van der Waals surface area contributed by atoms with Crippen LogP contribution >= 0.6 is 0 Å². The molecular weight excluding hydrogens is 326 g/mol. The van der Waals surface area contributed by atoms with Crippen LogP contribution in [0.3, 0.4) is 0 Å². The number of piperazine rings is 1. The number of pyridine rings is 1. The molecule has 0 saturated carbocycles. The highest BCUT2D eigenvalue weighted by molar-refractivity contribution is 6.00. The number of hydrogen-bond donors (Lipinski definition) is 2. The molecule has 5 rings (SSSR count). The van der Waals surface area contributed by atoms with Crippen LogP contribution in [0.25, 0.3) is 22.2 Å². The predicted octanol–water partition coefficient (Wildman–Crippen LogP) is 2.23. The third-order valence-electron chi connectivity index (χ3n) is 5.49. The van der Waals surface area contributed by atoms with Gasteiger partial charge >= 0.3 is 0 Å². The van der Waals surface area contributed by atoms with Crippen LogP contribution in [-0.4, -0.2) is 54.0 Å². The van der Waals surface area contributed by atoms with Gasteiger partial charge in [-0.05, 0) is 36.4 Å². The number of nitrogens with zero attached hydrogens (tertiary/aromatic N) is 3. The number of H-pyrrole nitrogens is 1. The highest BCUT2D eigenvalue weighted by Gasteiger charge is 2.20. The molecule has 2 aliphatic heterocycles. The van der Waals surface area contributed by atoms with Crippen LogP contribution in [0.15, 0.2) is 36.7 Å². The molecule has 6 nitrogen and oxygen atoms in total. The minimum atomic E-state index is 0.0181. The fourth-order valence-corrected chi connectivity index (χ4v) is 3.87. The van der Waals surface area contributed by atoms with Crippen LogP contribution in [0.4, 0.5) is 5.69 Å². The van der Waals surface area contributed by atoms with E-state index in [9.17, 15) is 4.79 Å². The molecule has 26 heavy (non-hydrogen) atoms. The number of aromatic amines is 1. The topological polar surface area (TPSA) is 64.3 Å². The SMILES string of the molecule is CN1CCN(c2cnc3[nH]cc(-c4ccc5c(c4)CNC5=O)c3c2)CC1. The summed E-state index contributed by atoms with van der Waals surface area (Å²) in [6.07, 6.45) is 3.97. The Hall–Kier alpha value is -2.86. The Balaban J connectivity index is 1.54. The molecule has 0 aliphatic carbocycles. The quantitative estimate of drug-likeness (QED) is 0.746. The number of fused-ring (bicyclic) bond motifs is 2. The van der Waals surface area contributed by atoms with Crippen LogP contribution in [-0.2, 0) is 6.54 Å². The lowest BCUT2D eigenvalue weighted by atomic mass is 10.0. The number of amides is 1. The zero-order chi connectivity index (χ0) is 17.7. The van der Waals surface area contributed by atoms with Crippen molar-refractivity contribution in [1.82, 2.24) is 20.2 Å². The summed E-state index contributed by atoms with van der Waals surface area (Å²) >= 11 is 0. The number of aromatic nitrogens is 2. The average Bonchev–Trinajstić information content (AvgIpc) is 3.25. The molecule has 0 spiro atoms. The van der Waals surface area contributed by atoms with Gasteiger partial charge in [-0.1, -0.05) is 6.07 Å². The molecular formula is C20H21N5O. The van der Waals surface area contributed by atoms with Crippen molar-refractivity contribution in [3.05, 3.63) is 47.8 Å². The maximum Gasteiger partial charge on any atom is 0.251 e. The Kier molecular flexibility index (Phi) is 3.46. The van der Waals surface area contributed by atoms with Crippen molar-refractivity contribution in [3.8, 4) is 11.1 Å². The molecule has 1 fully saturated rings. The highest BCUT2D eigenvalue weighted by atomic mass is 16.1. The summed E-state index contributed by atoms with van der Waals surface area (Å²) in [5.41, 5.74) is 6.15. The zero-order valence-corrected chi connectivity index (χ0v) is 14.7. The number of nitrogens with one attached hydrogen (secondary N) is 2. The van der Waals surface area contributed by atoms with Gasteiger partial charge in [0.15, 0.2) is 0 Å². The second-order valence-corrected chi connectivity index (χ2v) is 7.14. The maximum absolute atomic E-state index is 11.8. The predicted molar refractivity (Wildman–Crippen MR) is 102 cm³/mol. The largest absolute Gasteiger partial charge is 0.368 e. The van der Waals surface area contributed by atoms with Crippen molar-refractivity contribution >= 4 is 22.6 Å². The third kappa shape index (κ3) is 2.45. The van der Waals surface area contributed by atoms with Crippen LogP contribution in [0.2, 0.25) is 0 Å². The monoisotopic (exact) mass is 347 g/mol. The second-order valence-electron chi connectivity index (χ2n) is 7.14. The van der Waals surface area contributed by atoms with E-state index in [1.54, 1.807) is 0 Å². The summed E-state index contributed by atoms with van der Waals surface area (Å²) in [5, 5.41) is 4.00. The molecule has 1 amide bonds. The number of hydrogen-bond acceptors (Lipinski definition) is 4. The summed E-state index contributed by atoms with van der Waals surface area (Å²) < 4.78 is 0. The van der Waals surface area contributed by atoms with Crippen molar-refractivity contribution in [1.29, 1.82) is 0 Å². The van der Waals surface area contributed by atoms with Gasteiger partial charge in [0.1, 0.15) is 5.65 Å². The first kappa shape index (κ1) is 15.4. The van der Waals surface area contributed by atoms with E-state index in [1.165, 1.54) is 5.69 Å². The first-order chi connectivity index (χ1) is 12.7. The third-order valence-corrected chi connectivity index (χ3v) is 5.49. The van der Waals surface area contributed by atoms with Gasteiger partial charge in [0.2, 0.25) is 0 Å². The lowest BCUT2D eigenvalue weighted by Crippen LogP contribution is -2.44. The van der Waals surface area contributed by atoms with Gasteiger partial charge in [0.25, 0.3) is 5.91 Å². The van der Waals surface area contributed by atoms with E-state index >= 15 is 0 Å². The Morgan fingerprint density at radius 1 is 1.08 bits per heavy atom. The molecule has 2 aromatic heterocycles. The summed E-state index contributed by atoms with van der Waals surface area (Å²) in [6, 6.07) is 8.28. The summed E-state index contributed by atoms with van der Waals surface area (Å²) in [4.78, 5) is 24.4. The van der Waals surface area contributed by atoms with Crippen LogP contribution in [0.1, 0.15) is 15.9 Å². The number of likely N-dealkylation sites (N-methyl/N-ethyl adjacent to an activating group) is 1. The van der Waals surface area contributed by atoms with Crippen LogP contribution in [0, 0.1) is 0 Å². The lowest BCUT2D eigenvalue weighted by Gasteiger charge is -2.33. The summed E-state index contributed by atoms with van der Waals surface area (Å²) in [7, 11) is 2.16. The lowest BCUT2D eigenvalue weighted by molar-refractivity contribution is 0.0966. The molecule has 6 heteroatoms. The molecule has 132 valence electrons. The number of carbonyl (C=O) groups excluding carboxylic acids is 1. The zero-order valence-electron chi connectivity index (χ0n) is 14.7. The van der Waals surface area contributed by atoms with Crippen LogP contribution < -0.4 is 10.2 Å². The molecule has 1 saturated heterocycles. The van der Waals surface area contributed by atoms with Gasteiger partial charge in [-0.15, -0.1) is 0 Å².